The number of aryl methyl sites for hydroxylation is 1. The molecule has 2 aromatic rings. The highest BCUT2D eigenvalue weighted by Gasteiger charge is 2.05. The predicted molar refractivity (Wildman–Crippen MR) is 97.2 cm³/mol. The topological polar surface area (TPSA) is 50.4 Å². The van der Waals surface area contributed by atoms with Gasteiger partial charge in [0.05, 0.1) is 6.42 Å². The second-order valence-electron chi connectivity index (χ2n) is 5.85. The van der Waals surface area contributed by atoms with E-state index in [2.05, 4.69) is 29.7 Å². The van der Waals surface area contributed by atoms with Crippen LogP contribution in [0.5, 0.6) is 5.75 Å². The highest BCUT2D eigenvalue weighted by Crippen LogP contribution is 2.17. The maximum Gasteiger partial charge on any atom is 0.224 e. The molecule has 0 fully saturated rings. The number of hydrogen-bond acceptors (Lipinski definition) is 3. The molecule has 2 aromatic carbocycles. The van der Waals surface area contributed by atoms with E-state index in [1.165, 1.54) is 11.1 Å². The molecule has 1 amide bonds. The Balaban J connectivity index is 1.85. The summed E-state index contributed by atoms with van der Waals surface area (Å²) < 4.78 is 5.87. The Morgan fingerprint density at radius 1 is 1.08 bits per heavy atom. The average molecular weight is 326 g/mol. The summed E-state index contributed by atoms with van der Waals surface area (Å²) in [5.41, 5.74) is 3.35. The van der Waals surface area contributed by atoms with Crippen LogP contribution in [0.1, 0.15) is 23.1 Å². The summed E-state index contributed by atoms with van der Waals surface area (Å²) in [4.78, 5) is 11.9. The van der Waals surface area contributed by atoms with Crippen molar-refractivity contribution in [3.63, 3.8) is 0 Å². The average Bonchev–Trinajstić information content (AvgIpc) is 2.58. The van der Waals surface area contributed by atoms with Gasteiger partial charge in [-0.2, -0.15) is 0 Å². The van der Waals surface area contributed by atoms with Gasteiger partial charge in [-0.15, -0.1) is 0 Å². The molecule has 0 aromatic heterocycles. The van der Waals surface area contributed by atoms with Crippen LogP contribution in [0.15, 0.2) is 48.5 Å². The maximum absolute atomic E-state index is 11.9. The lowest BCUT2D eigenvalue weighted by molar-refractivity contribution is -0.120. The van der Waals surface area contributed by atoms with Crippen molar-refractivity contribution < 1.29 is 9.53 Å². The predicted octanol–water partition coefficient (Wildman–Crippen LogP) is 2.84. The van der Waals surface area contributed by atoms with E-state index in [1.807, 2.05) is 43.4 Å². The van der Waals surface area contributed by atoms with Crippen LogP contribution in [0.25, 0.3) is 0 Å². The normalized spacial score (nSPS) is 10.4. The molecule has 0 aliphatic carbocycles. The molecule has 0 radical (unpaired) electrons. The fourth-order valence-electron chi connectivity index (χ4n) is 2.42. The maximum atomic E-state index is 11.9. The molecule has 0 atom stereocenters. The van der Waals surface area contributed by atoms with E-state index < -0.39 is 0 Å². The van der Waals surface area contributed by atoms with E-state index in [9.17, 15) is 4.79 Å². The molecule has 0 aliphatic rings. The minimum absolute atomic E-state index is 0.0437. The van der Waals surface area contributed by atoms with Gasteiger partial charge in [-0.3, -0.25) is 4.79 Å². The number of benzene rings is 2. The number of amides is 1. The Morgan fingerprint density at radius 3 is 2.71 bits per heavy atom. The van der Waals surface area contributed by atoms with E-state index in [1.54, 1.807) is 0 Å². The molecule has 4 heteroatoms. The number of rotatable bonds is 9. The Kier molecular flexibility index (Phi) is 7.30. The van der Waals surface area contributed by atoms with Crippen LogP contribution < -0.4 is 15.4 Å². The van der Waals surface area contributed by atoms with Crippen molar-refractivity contribution in [2.45, 2.75) is 26.4 Å². The van der Waals surface area contributed by atoms with Crippen molar-refractivity contribution >= 4 is 5.91 Å². The van der Waals surface area contributed by atoms with Gasteiger partial charge in [0.1, 0.15) is 12.4 Å². The first-order chi connectivity index (χ1) is 11.7. The number of hydrogen-bond donors (Lipinski definition) is 2. The summed E-state index contributed by atoms with van der Waals surface area (Å²) in [7, 11) is 1.91. The molecule has 128 valence electrons. The standard InChI is InChI=1S/C20H26N2O2/c1-16-7-3-4-9-18(16)15-24-19-10-5-8-17(13-19)14-20(23)22-12-6-11-21-2/h3-5,7-10,13,21H,6,11-12,14-15H2,1-2H3,(H,22,23). The van der Waals surface area contributed by atoms with Crippen LogP contribution in [0.3, 0.4) is 0 Å². The second-order valence-corrected chi connectivity index (χ2v) is 5.85. The molecule has 0 unspecified atom stereocenters. The van der Waals surface area contributed by atoms with Gasteiger partial charge in [0.2, 0.25) is 5.91 Å². The Morgan fingerprint density at radius 2 is 1.92 bits per heavy atom. The summed E-state index contributed by atoms with van der Waals surface area (Å²) in [6.45, 7) is 4.21. The van der Waals surface area contributed by atoms with Gasteiger partial charge in [0.15, 0.2) is 0 Å². The molecule has 0 spiro atoms. The Labute approximate surface area is 144 Å². The third-order valence-corrected chi connectivity index (χ3v) is 3.84. The van der Waals surface area contributed by atoms with Gasteiger partial charge < -0.3 is 15.4 Å². The molecule has 2 rings (SSSR count). The quantitative estimate of drug-likeness (QED) is 0.697. The summed E-state index contributed by atoms with van der Waals surface area (Å²) in [5, 5.41) is 5.99. The lowest BCUT2D eigenvalue weighted by Gasteiger charge is -2.10. The Hall–Kier alpha value is -2.33. The number of nitrogens with one attached hydrogen (secondary N) is 2. The minimum atomic E-state index is 0.0437. The summed E-state index contributed by atoms with van der Waals surface area (Å²) >= 11 is 0. The van der Waals surface area contributed by atoms with Crippen molar-refractivity contribution in [1.82, 2.24) is 10.6 Å². The molecule has 0 bridgehead atoms. The summed E-state index contributed by atoms with van der Waals surface area (Å²) in [6, 6.07) is 15.9. The van der Waals surface area contributed by atoms with E-state index in [0.29, 0.717) is 19.6 Å². The molecular formula is C20H26N2O2. The molecular weight excluding hydrogens is 300 g/mol. The van der Waals surface area contributed by atoms with Crippen LogP contribution in [0.4, 0.5) is 0 Å². The number of carbonyl (C=O) groups is 1. The van der Waals surface area contributed by atoms with Crippen molar-refractivity contribution in [2.75, 3.05) is 20.1 Å². The molecule has 0 aliphatic heterocycles. The highest BCUT2D eigenvalue weighted by molar-refractivity contribution is 5.78. The van der Waals surface area contributed by atoms with Gasteiger partial charge in [-0.05, 0) is 55.8 Å². The molecule has 0 heterocycles. The van der Waals surface area contributed by atoms with Gasteiger partial charge in [0, 0.05) is 6.54 Å². The van der Waals surface area contributed by atoms with Gasteiger partial charge in [0.25, 0.3) is 0 Å². The van der Waals surface area contributed by atoms with E-state index in [0.717, 1.165) is 24.3 Å². The van der Waals surface area contributed by atoms with Gasteiger partial charge in [-0.1, -0.05) is 36.4 Å². The van der Waals surface area contributed by atoms with Crippen LogP contribution >= 0.6 is 0 Å². The molecule has 2 N–H and O–H groups in total. The number of ether oxygens (including phenoxy) is 1. The summed E-state index contributed by atoms with van der Waals surface area (Å²) in [6.07, 6.45) is 1.31. The van der Waals surface area contributed by atoms with Crippen molar-refractivity contribution in [3.05, 3.63) is 65.2 Å². The monoisotopic (exact) mass is 326 g/mol. The Bertz CT molecular complexity index is 656. The van der Waals surface area contributed by atoms with Crippen molar-refractivity contribution in [2.24, 2.45) is 0 Å². The molecule has 0 saturated heterocycles. The highest BCUT2D eigenvalue weighted by atomic mass is 16.5. The van der Waals surface area contributed by atoms with E-state index >= 15 is 0 Å². The first-order valence-corrected chi connectivity index (χ1v) is 8.36. The largest absolute Gasteiger partial charge is 0.489 e. The third-order valence-electron chi connectivity index (χ3n) is 3.84. The van der Waals surface area contributed by atoms with Crippen molar-refractivity contribution in [3.8, 4) is 5.75 Å². The van der Waals surface area contributed by atoms with Crippen LogP contribution in [0.2, 0.25) is 0 Å². The fraction of sp³-hybridized carbons (Fsp3) is 0.350. The number of carbonyl (C=O) groups excluding carboxylic acids is 1. The lowest BCUT2D eigenvalue weighted by atomic mass is 10.1. The zero-order chi connectivity index (χ0) is 17.2. The smallest absolute Gasteiger partial charge is 0.224 e. The van der Waals surface area contributed by atoms with Crippen LogP contribution in [-0.2, 0) is 17.8 Å². The molecule has 24 heavy (non-hydrogen) atoms. The first-order valence-electron chi connectivity index (χ1n) is 8.36. The second kappa shape index (κ2) is 9.73. The summed E-state index contributed by atoms with van der Waals surface area (Å²) in [5.74, 6) is 0.834. The zero-order valence-corrected chi connectivity index (χ0v) is 14.5. The lowest BCUT2D eigenvalue weighted by Crippen LogP contribution is -2.27. The fourth-order valence-corrected chi connectivity index (χ4v) is 2.42. The first kappa shape index (κ1) is 18.0. The SMILES string of the molecule is CNCCCNC(=O)Cc1cccc(OCc2ccccc2C)c1. The van der Waals surface area contributed by atoms with Gasteiger partial charge >= 0.3 is 0 Å². The third kappa shape index (κ3) is 6.05. The minimum Gasteiger partial charge on any atom is -0.489 e. The molecule has 4 nitrogen and oxygen atoms in total. The molecule has 0 saturated carbocycles. The van der Waals surface area contributed by atoms with Gasteiger partial charge in [-0.25, -0.2) is 0 Å². The van der Waals surface area contributed by atoms with E-state index in [4.69, 9.17) is 4.74 Å². The van der Waals surface area contributed by atoms with E-state index in [-0.39, 0.29) is 5.91 Å². The van der Waals surface area contributed by atoms with Crippen LogP contribution in [0, 0.1) is 6.92 Å². The van der Waals surface area contributed by atoms with Crippen LogP contribution in [-0.4, -0.2) is 26.0 Å². The van der Waals surface area contributed by atoms with Crippen molar-refractivity contribution in [1.29, 1.82) is 0 Å². The zero-order valence-electron chi connectivity index (χ0n) is 14.5.